The van der Waals surface area contributed by atoms with Crippen molar-refractivity contribution in [1.29, 1.82) is 0 Å². The smallest absolute Gasteiger partial charge is 0.226 e. The van der Waals surface area contributed by atoms with E-state index < -0.39 is 0 Å². The lowest BCUT2D eigenvalue weighted by atomic mass is 10.0. The predicted octanol–water partition coefficient (Wildman–Crippen LogP) is 4.97. The minimum atomic E-state index is 0.699. The first-order valence-electron chi connectivity index (χ1n) is 10.4. The summed E-state index contributed by atoms with van der Waals surface area (Å²) in [5.74, 6) is 2.42. The lowest BCUT2D eigenvalue weighted by Gasteiger charge is -2.29. The van der Waals surface area contributed by atoms with Gasteiger partial charge in [0.15, 0.2) is 0 Å². The molecular weight excluding hydrogens is 360 g/mol. The summed E-state index contributed by atoms with van der Waals surface area (Å²) in [5.41, 5.74) is 4.42. The second kappa shape index (κ2) is 7.84. The Labute approximate surface area is 171 Å². The standard InChI is InChI=1S/C24H26N4O/c1-18-5-4-12-27(14-18)16-21-13-25-24(29-21)20-10-8-19(9-11-20)15-28-17-26-22-6-2-3-7-23(22)28/h2-3,6-11,13,17-18H,4-5,12,14-16H2,1H3. The van der Waals surface area contributed by atoms with Gasteiger partial charge in [-0.1, -0.05) is 31.2 Å². The largest absolute Gasteiger partial charge is 0.440 e. The van der Waals surface area contributed by atoms with Crippen LogP contribution in [0.3, 0.4) is 0 Å². The van der Waals surface area contributed by atoms with Crippen molar-refractivity contribution >= 4 is 11.0 Å². The molecule has 0 saturated carbocycles. The molecule has 0 bridgehead atoms. The molecule has 0 N–H and O–H groups in total. The topological polar surface area (TPSA) is 47.1 Å². The van der Waals surface area contributed by atoms with Crippen molar-refractivity contribution in [1.82, 2.24) is 19.4 Å². The molecule has 1 saturated heterocycles. The molecule has 1 aliphatic rings. The van der Waals surface area contributed by atoms with Crippen molar-refractivity contribution in [2.45, 2.75) is 32.9 Å². The molecule has 2 aromatic carbocycles. The number of imidazole rings is 1. The van der Waals surface area contributed by atoms with E-state index in [-0.39, 0.29) is 0 Å². The highest BCUT2D eigenvalue weighted by atomic mass is 16.4. The first-order valence-corrected chi connectivity index (χ1v) is 10.4. The van der Waals surface area contributed by atoms with Gasteiger partial charge < -0.3 is 8.98 Å². The Balaban J connectivity index is 1.27. The number of benzene rings is 2. The quantitative estimate of drug-likeness (QED) is 0.486. The van der Waals surface area contributed by atoms with Crippen LogP contribution in [-0.2, 0) is 13.1 Å². The summed E-state index contributed by atoms with van der Waals surface area (Å²) in [4.78, 5) is 11.4. The van der Waals surface area contributed by atoms with E-state index in [1.165, 1.54) is 18.4 Å². The maximum atomic E-state index is 6.04. The van der Waals surface area contributed by atoms with Crippen LogP contribution in [0.2, 0.25) is 0 Å². The molecule has 0 spiro atoms. The lowest BCUT2D eigenvalue weighted by molar-refractivity contribution is 0.166. The van der Waals surface area contributed by atoms with Gasteiger partial charge in [-0.25, -0.2) is 9.97 Å². The second-order valence-corrected chi connectivity index (χ2v) is 8.17. The molecule has 0 aliphatic carbocycles. The van der Waals surface area contributed by atoms with Gasteiger partial charge in [-0.15, -0.1) is 0 Å². The molecule has 5 nitrogen and oxygen atoms in total. The van der Waals surface area contributed by atoms with Crippen LogP contribution in [0.4, 0.5) is 0 Å². The fourth-order valence-corrected chi connectivity index (χ4v) is 4.25. The fraction of sp³-hybridized carbons (Fsp3) is 0.333. The van der Waals surface area contributed by atoms with Crippen LogP contribution in [0, 0.1) is 5.92 Å². The van der Waals surface area contributed by atoms with Crippen LogP contribution in [0.15, 0.2) is 65.5 Å². The number of hydrogen-bond acceptors (Lipinski definition) is 4. The van der Waals surface area contributed by atoms with Gasteiger partial charge in [0.2, 0.25) is 5.89 Å². The van der Waals surface area contributed by atoms with Gasteiger partial charge in [0.1, 0.15) is 5.76 Å². The highest BCUT2D eigenvalue weighted by molar-refractivity contribution is 5.75. The Morgan fingerprint density at radius 1 is 1.03 bits per heavy atom. The molecule has 5 heteroatoms. The highest BCUT2D eigenvalue weighted by Gasteiger charge is 2.18. The minimum absolute atomic E-state index is 0.699. The minimum Gasteiger partial charge on any atom is -0.440 e. The number of rotatable bonds is 5. The molecule has 5 rings (SSSR count). The fourth-order valence-electron chi connectivity index (χ4n) is 4.25. The summed E-state index contributed by atoms with van der Waals surface area (Å²) in [7, 11) is 0. The number of para-hydroxylation sites is 2. The van der Waals surface area contributed by atoms with Crippen molar-refractivity contribution < 1.29 is 4.42 Å². The molecule has 0 radical (unpaired) electrons. The third kappa shape index (κ3) is 3.96. The first kappa shape index (κ1) is 18.1. The first-order chi connectivity index (χ1) is 14.2. The molecule has 1 unspecified atom stereocenters. The summed E-state index contributed by atoms with van der Waals surface area (Å²) in [6.07, 6.45) is 6.38. The zero-order valence-corrected chi connectivity index (χ0v) is 16.8. The average molecular weight is 386 g/mol. The normalized spacial score (nSPS) is 17.8. The number of likely N-dealkylation sites (tertiary alicyclic amines) is 1. The van der Waals surface area contributed by atoms with Gasteiger partial charge in [0, 0.05) is 18.7 Å². The van der Waals surface area contributed by atoms with E-state index in [0.717, 1.165) is 54.5 Å². The maximum absolute atomic E-state index is 6.04. The molecule has 1 aliphatic heterocycles. The van der Waals surface area contributed by atoms with Crippen LogP contribution >= 0.6 is 0 Å². The van der Waals surface area contributed by atoms with Crippen LogP contribution in [0.5, 0.6) is 0 Å². The molecule has 29 heavy (non-hydrogen) atoms. The molecule has 4 aromatic rings. The second-order valence-electron chi connectivity index (χ2n) is 8.17. The van der Waals surface area contributed by atoms with Crippen LogP contribution in [0.25, 0.3) is 22.5 Å². The molecule has 3 heterocycles. The van der Waals surface area contributed by atoms with Gasteiger partial charge in [-0.05, 0) is 55.1 Å². The van der Waals surface area contributed by atoms with Gasteiger partial charge in [0.25, 0.3) is 0 Å². The number of aromatic nitrogens is 3. The highest BCUT2D eigenvalue weighted by Crippen LogP contribution is 2.23. The Bertz CT molecular complexity index is 1100. The third-order valence-electron chi connectivity index (χ3n) is 5.76. The van der Waals surface area contributed by atoms with Crippen LogP contribution in [0.1, 0.15) is 31.1 Å². The van der Waals surface area contributed by atoms with Crippen LogP contribution in [-0.4, -0.2) is 32.5 Å². The Hall–Kier alpha value is -2.92. The Kier molecular flexibility index (Phi) is 4.90. The van der Waals surface area contributed by atoms with Crippen molar-refractivity contribution in [2.75, 3.05) is 13.1 Å². The number of fused-ring (bicyclic) bond motifs is 1. The van der Waals surface area contributed by atoms with E-state index in [9.17, 15) is 0 Å². The summed E-state index contributed by atoms with van der Waals surface area (Å²) in [5, 5.41) is 0. The SMILES string of the molecule is CC1CCCN(Cc2cnc(-c3ccc(Cn4cnc5ccccc54)cc3)o2)C1. The number of nitrogens with zero attached hydrogens (tertiary/aromatic N) is 4. The summed E-state index contributed by atoms with van der Waals surface area (Å²) < 4.78 is 8.22. The van der Waals surface area contributed by atoms with E-state index >= 15 is 0 Å². The number of hydrogen-bond donors (Lipinski definition) is 0. The van der Waals surface area contributed by atoms with Crippen molar-refractivity contribution in [3.8, 4) is 11.5 Å². The third-order valence-corrected chi connectivity index (χ3v) is 5.76. The molecule has 0 amide bonds. The molecule has 2 aromatic heterocycles. The molecular formula is C24H26N4O. The lowest BCUT2D eigenvalue weighted by Crippen LogP contribution is -2.33. The van der Waals surface area contributed by atoms with Crippen molar-refractivity contribution in [2.24, 2.45) is 5.92 Å². The van der Waals surface area contributed by atoms with Gasteiger partial charge in [-0.2, -0.15) is 0 Å². The van der Waals surface area contributed by atoms with Crippen molar-refractivity contribution in [3.63, 3.8) is 0 Å². The summed E-state index contributed by atoms with van der Waals surface area (Å²) in [6.45, 7) is 6.27. The van der Waals surface area contributed by atoms with E-state index in [0.29, 0.717) is 5.89 Å². The van der Waals surface area contributed by atoms with E-state index in [1.807, 2.05) is 30.7 Å². The maximum Gasteiger partial charge on any atom is 0.226 e. The van der Waals surface area contributed by atoms with E-state index in [2.05, 4.69) is 56.7 Å². The van der Waals surface area contributed by atoms with Crippen LogP contribution < -0.4 is 0 Å². The van der Waals surface area contributed by atoms with E-state index in [1.54, 1.807) is 0 Å². The van der Waals surface area contributed by atoms with E-state index in [4.69, 9.17) is 4.42 Å². The van der Waals surface area contributed by atoms with Gasteiger partial charge >= 0.3 is 0 Å². The zero-order chi connectivity index (χ0) is 19.6. The molecule has 148 valence electrons. The Morgan fingerprint density at radius 3 is 2.76 bits per heavy atom. The summed E-state index contributed by atoms with van der Waals surface area (Å²) in [6, 6.07) is 16.7. The van der Waals surface area contributed by atoms with Crippen molar-refractivity contribution in [3.05, 3.63) is 72.4 Å². The van der Waals surface area contributed by atoms with Gasteiger partial charge in [0.05, 0.1) is 30.1 Å². The van der Waals surface area contributed by atoms with Gasteiger partial charge in [-0.3, -0.25) is 4.90 Å². The molecule has 1 atom stereocenters. The monoisotopic (exact) mass is 386 g/mol. The number of piperidine rings is 1. The zero-order valence-electron chi connectivity index (χ0n) is 16.8. The Morgan fingerprint density at radius 2 is 1.90 bits per heavy atom. The number of oxazole rings is 1. The molecule has 1 fully saturated rings. The average Bonchev–Trinajstić information content (AvgIpc) is 3.36. The predicted molar refractivity (Wildman–Crippen MR) is 114 cm³/mol. The summed E-state index contributed by atoms with van der Waals surface area (Å²) >= 11 is 0.